The molecular formula is C24H24ClN5S. The van der Waals surface area contributed by atoms with Crippen molar-refractivity contribution < 1.29 is 0 Å². The molecule has 0 atom stereocenters. The van der Waals surface area contributed by atoms with Gasteiger partial charge in [-0.05, 0) is 54.9 Å². The predicted molar refractivity (Wildman–Crippen MR) is 127 cm³/mol. The molecule has 0 saturated heterocycles. The SMILES string of the molecule is Cc1ccccc1CSc1nnc(CN(C)Cc2cccnc2)n1-c1cccc(Cl)c1. The van der Waals surface area contributed by atoms with Crippen molar-refractivity contribution in [1.29, 1.82) is 0 Å². The Balaban J connectivity index is 1.60. The van der Waals surface area contributed by atoms with Crippen LogP contribution in [0, 0.1) is 6.92 Å². The van der Waals surface area contributed by atoms with Gasteiger partial charge in [0.2, 0.25) is 0 Å². The van der Waals surface area contributed by atoms with Gasteiger partial charge in [-0.15, -0.1) is 10.2 Å². The first-order valence-electron chi connectivity index (χ1n) is 10.0. The van der Waals surface area contributed by atoms with E-state index in [0.717, 1.165) is 34.5 Å². The van der Waals surface area contributed by atoms with Crippen LogP contribution in [0.25, 0.3) is 5.69 Å². The monoisotopic (exact) mass is 449 g/mol. The number of thioether (sulfide) groups is 1. The van der Waals surface area contributed by atoms with E-state index in [2.05, 4.69) is 69.0 Å². The molecule has 0 bridgehead atoms. The fourth-order valence-corrected chi connectivity index (χ4v) is 4.62. The minimum atomic E-state index is 0.652. The molecule has 0 saturated carbocycles. The fourth-order valence-electron chi connectivity index (χ4n) is 3.39. The number of nitrogens with zero attached hydrogens (tertiary/aromatic N) is 5. The summed E-state index contributed by atoms with van der Waals surface area (Å²) in [6.07, 6.45) is 3.68. The summed E-state index contributed by atoms with van der Waals surface area (Å²) in [7, 11) is 2.07. The molecule has 4 rings (SSSR count). The third-order valence-corrected chi connectivity index (χ3v) is 6.18. The van der Waals surface area contributed by atoms with Crippen LogP contribution in [-0.4, -0.2) is 31.7 Å². The summed E-state index contributed by atoms with van der Waals surface area (Å²) in [6.45, 7) is 3.57. The highest BCUT2D eigenvalue weighted by Gasteiger charge is 2.17. The summed E-state index contributed by atoms with van der Waals surface area (Å²) in [5.74, 6) is 1.71. The quantitative estimate of drug-likeness (QED) is 0.330. The first-order valence-corrected chi connectivity index (χ1v) is 11.4. The van der Waals surface area contributed by atoms with Crippen LogP contribution < -0.4 is 0 Å². The van der Waals surface area contributed by atoms with Crippen LogP contribution in [0.4, 0.5) is 0 Å². The van der Waals surface area contributed by atoms with E-state index in [9.17, 15) is 0 Å². The second kappa shape index (κ2) is 10.1. The van der Waals surface area contributed by atoms with E-state index in [1.807, 2.05) is 36.5 Å². The van der Waals surface area contributed by atoms with Gasteiger partial charge in [0.1, 0.15) is 0 Å². The average molecular weight is 450 g/mol. The van der Waals surface area contributed by atoms with Gasteiger partial charge in [0.25, 0.3) is 0 Å². The summed E-state index contributed by atoms with van der Waals surface area (Å²) in [5.41, 5.74) is 4.70. The lowest BCUT2D eigenvalue weighted by Crippen LogP contribution is -2.20. The van der Waals surface area contributed by atoms with Crippen molar-refractivity contribution in [3.63, 3.8) is 0 Å². The van der Waals surface area contributed by atoms with Crippen LogP contribution in [0.1, 0.15) is 22.5 Å². The van der Waals surface area contributed by atoms with Gasteiger partial charge in [-0.1, -0.05) is 59.8 Å². The molecule has 0 aliphatic carbocycles. The maximum absolute atomic E-state index is 6.29. The van der Waals surface area contributed by atoms with Crippen LogP contribution in [0.15, 0.2) is 78.2 Å². The van der Waals surface area contributed by atoms with Crippen molar-refractivity contribution in [1.82, 2.24) is 24.6 Å². The molecule has 5 nitrogen and oxygen atoms in total. The Morgan fingerprint density at radius 2 is 1.87 bits per heavy atom. The molecule has 0 radical (unpaired) electrons. The second-order valence-electron chi connectivity index (χ2n) is 7.46. The molecule has 4 aromatic rings. The van der Waals surface area contributed by atoms with E-state index in [-0.39, 0.29) is 0 Å². The van der Waals surface area contributed by atoms with Crippen LogP contribution in [0.5, 0.6) is 0 Å². The highest BCUT2D eigenvalue weighted by Crippen LogP contribution is 2.28. The van der Waals surface area contributed by atoms with E-state index in [1.165, 1.54) is 11.1 Å². The molecular weight excluding hydrogens is 426 g/mol. The molecule has 7 heteroatoms. The summed E-state index contributed by atoms with van der Waals surface area (Å²) < 4.78 is 2.11. The first-order chi connectivity index (χ1) is 15.1. The molecule has 158 valence electrons. The molecule has 0 spiro atoms. The van der Waals surface area contributed by atoms with Gasteiger partial charge >= 0.3 is 0 Å². The largest absolute Gasteiger partial charge is 0.295 e. The number of aryl methyl sites for hydroxylation is 1. The van der Waals surface area contributed by atoms with Crippen molar-refractivity contribution in [2.45, 2.75) is 30.9 Å². The molecule has 31 heavy (non-hydrogen) atoms. The van der Waals surface area contributed by atoms with E-state index in [0.29, 0.717) is 11.6 Å². The predicted octanol–water partition coefficient (Wildman–Crippen LogP) is 5.55. The fraction of sp³-hybridized carbons (Fsp3) is 0.208. The van der Waals surface area contributed by atoms with Crippen molar-refractivity contribution in [2.24, 2.45) is 0 Å². The third kappa shape index (κ3) is 5.53. The Kier molecular flexibility index (Phi) is 7.02. The standard InChI is InChI=1S/C24H24ClN5S/c1-18-7-3-4-9-20(18)17-31-24-28-27-23(30(24)22-11-5-10-21(25)13-22)16-29(2)15-19-8-6-12-26-14-19/h3-14H,15-17H2,1-2H3. The number of hydrogen-bond donors (Lipinski definition) is 0. The normalized spacial score (nSPS) is 11.2. The summed E-state index contributed by atoms with van der Waals surface area (Å²) in [6, 6.07) is 20.3. The molecule has 0 fully saturated rings. The number of halogens is 1. The van der Waals surface area contributed by atoms with E-state index in [1.54, 1.807) is 18.0 Å². The van der Waals surface area contributed by atoms with E-state index in [4.69, 9.17) is 11.6 Å². The molecule has 2 aromatic heterocycles. The Hall–Kier alpha value is -2.67. The molecule has 0 unspecified atom stereocenters. The lowest BCUT2D eigenvalue weighted by atomic mass is 10.1. The minimum Gasteiger partial charge on any atom is -0.295 e. The Labute approximate surface area is 192 Å². The molecule has 0 aliphatic rings. The van der Waals surface area contributed by atoms with Gasteiger partial charge in [-0.2, -0.15) is 0 Å². The van der Waals surface area contributed by atoms with Crippen molar-refractivity contribution in [2.75, 3.05) is 7.05 Å². The summed E-state index contributed by atoms with van der Waals surface area (Å²) in [5, 5.41) is 10.6. The number of pyridine rings is 1. The van der Waals surface area contributed by atoms with Gasteiger partial charge in [-0.25, -0.2) is 0 Å². The summed E-state index contributed by atoms with van der Waals surface area (Å²) >= 11 is 7.98. The number of hydrogen-bond acceptors (Lipinski definition) is 5. The highest BCUT2D eigenvalue weighted by molar-refractivity contribution is 7.98. The molecule has 2 aromatic carbocycles. The van der Waals surface area contributed by atoms with Gasteiger partial charge in [0.05, 0.1) is 12.2 Å². The lowest BCUT2D eigenvalue weighted by Gasteiger charge is -2.17. The first kappa shape index (κ1) is 21.6. The number of rotatable bonds is 8. The van der Waals surface area contributed by atoms with Crippen LogP contribution >= 0.6 is 23.4 Å². The number of benzene rings is 2. The molecule has 0 N–H and O–H groups in total. The van der Waals surface area contributed by atoms with Gasteiger partial charge in [0, 0.05) is 29.7 Å². The second-order valence-corrected chi connectivity index (χ2v) is 8.84. The zero-order chi connectivity index (χ0) is 21.6. The maximum atomic E-state index is 6.29. The molecule has 2 heterocycles. The maximum Gasteiger partial charge on any atom is 0.196 e. The van der Waals surface area contributed by atoms with E-state index < -0.39 is 0 Å². The van der Waals surface area contributed by atoms with Crippen molar-refractivity contribution >= 4 is 23.4 Å². The van der Waals surface area contributed by atoms with Gasteiger partial charge in [-0.3, -0.25) is 14.5 Å². The Morgan fingerprint density at radius 1 is 1.00 bits per heavy atom. The third-order valence-electron chi connectivity index (χ3n) is 4.97. The van der Waals surface area contributed by atoms with Gasteiger partial charge < -0.3 is 0 Å². The lowest BCUT2D eigenvalue weighted by molar-refractivity contribution is 0.307. The topological polar surface area (TPSA) is 46.8 Å². The van der Waals surface area contributed by atoms with E-state index >= 15 is 0 Å². The zero-order valence-electron chi connectivity index (χ0n) is 17.6. The van der Waals surface area contributed by atoms with Crippen LogP contribution in [-0.2, 0) is 18.8 Å². The summed E-state index contributed by atoms with van der Waals surface area (Å²) in [4.78, 5) is 6.41. The number of aromatic nitrogens is 4. The highest BCUT2D eigenvalue weighted by atomic mass is 35.5. The van der Waals surface area contributed by atoms with Gasteiger partial charge in [0.15, 0.2) is 11.0 Å². The van der Waals surface area contributed by atoms with Crippen molar-refractivity contribution in [3.8, 4) is 5.69 Å². The van der Waals surface area contributed by atoms with Crippen molar-refractivity contribution in [3.05, 3.63) is 101 Å². The average Bonchev–Trinajstić information content (AvgIpc) is 3.16. The van der Waals surface area contributed by atoms with Crippen LogP contribution in [0.3, 0.4) is 0 Å². The molecule has 0 aliphatic heterocycles. The Bertz CT molecular complexity index is 1150. The smallest absolute Gasteiger partial charge is 0.196 e. The zero-order valence-corrected chi connectivity index (χ0v) is 19.1. The minimum absolute atomic E-state index is 0.652. The van der Waals surface area contributed by atoms with Crippen LogP contribution in [0.2, 0.25) is 5.02 Å². The molecule has 0 amide bonds. The Morgan fingerprint density at radius 3 is 2.65 bits per heavy atom.